The Bertz CT molecular complexity index is 1370. The van der Waals surface area contributed by atoms with Crippen LogP contribution in [0.15, 0.2) is 73.4 Å². The van der Waals surface area contributed by atoms with Crippen LogP contribution >= 0.6 is 0 Å². The lowest BCUT2D eigenvalue weighted by molar-refractivity contribution is 0.205. The number of nitrogens with one attached hydrogen (secondary N) is 1. The second kappa shape index (κ2) is 7.92. The molecule has 5 heteroatoms. The first-order valence-corrected chi connectivity index (χ1v) is 11.4. The zero-order chi connectivity index (χ0) is 21.5. The molecule has 4 heterocycles. The SMILES string of the molecule is Cc1c(CN2CCC(c3cn(-c4ccccc4)c4cncnc34)CC2)ccc2[nH]ccc12. The predicted molar refractivity (Wildman–Crippen MR) is 129 cm³/mol. The highest BCUT2D eigenvalue weighted by Gasteiger charge is 2.25. The number of H-pyrrole nitrogens is 1. The van der Waals surface area contributed by atoms with E-state index in [-0.39, 0.29) is 0 Å². The third-order valence-electron chi connectivity index (χ3n) is 7.07. The number of fused-ring (bicyclic) bond motifs is 2. The van der Waals surface area contributed by atoms with Crippen LogP contribution in [0.3, 0.4) is 0 Å². The highest BCUT2D eigenvalue weighted by atomic mass is 15.1. The Morgan fingerprint density at radius 3 is 2.72 bits per heavy atom. The summed E-state index contributed by atoms with van der Waals surface area (Å²) in [5.41, 5.74) is 8.75. The predicted octanol–water partition coefficient (Wildman–Crippen LogP) is 5.59. The molecule has 0 spiro atoms. The van der Waals surface area contributed by atoms with E-state index in [0.717, 1.165) is 49.2 Å². The maximum absolute atomic E-state index is 4.68. The standard InChI is InChI=1S/C27H27N5/c1-19-21(7-8-25-23(19)9-12-29-25)16-31-13-10-20(11-14-31)24-17-32(22-5-3-2-4-6-22)26-15-28-18-30-27(24)26/h2-9,12,15,17-18,20,29H,10-11,13-14,16H2,1H3. The summed E-state index contributed by atoms with van der Waals surface area (Å²) in [6, 6.07) is 17.2. The van der Waals surface area contributed by atoms with Crippen molar-refractivity contribution in [2.75, 3.05) is 13.1 Å². The average molecular weight is 422 g/mol. The zero-order valence-electron chi connectivity index (χ0n) is 18.3. The molecule has 0 bridgehead atoms. The Kier molecular flexibility index (Phi) is 4.76. The summed E-state index contributed by atoms with van der Waals surface area (Å²) in [4.78, 5) is 14.9. The lowest BCUT2D eigenvalue weighted by Gasteiger charge is -2.32. The fraction of sp³-hybridized carbons (Fsp3) is 0.259. The third kappa shape index (κ3) is 3.30. The molecule has 0 saturated carbocycles. The van der Waals surface area contributed by atoms with Crippen LogP contribution in [0.25, 0.3) is 27.6 Å². The van der Waals surface area contributed by atoms with Crippen molar-refractivity contribution in [3.63, 3.8) is 0 Å². The number of likely N-dealkylation sites (tertiary alicyclic amines) is 1. The molecule has 1 aliphatic heterocycles. The lowest BCUT2D eigenvalue weighted by atomic mass is 9.90. The van der Waals surface area contributed by atoms with Gasteiger partial charge in [-0.1, -0.05) is 24.3 Å². The van der Waals surface area contributed by atoms with E-state index in [1.165, 1.54) is 27.6 Å². The number of rotatable bonds is 4. The van der Waals surface area contributed by atoms with Gasteiger partial charge >= 0.3 is 0 Å². The van der Waals surface area contributed by atoms with Crippen LogP contribution in [0.5, 0.6) is 0 Å². The summed E-state index contributed by atoms with van der Waals surface area (Å²) in [6.07, 6.45) is 10.2. The van der Waals surface area contributed by atoms with Crippen LogP contribution in [0.1, 0.15) is 35.4 Å². The van der Waals surface area contributed by atoms with Gasteiger partial charge in [0.15, 0.2) is 0 Å². The molecule has 0 aliphatic carbocycles. The summed E-state index contributed by atoms with van der Waals surface area (Å²) >= 11 is 0. The second-order valence-electron chi connectivity index (χ2n) is 8.89. The molecule has 6 rings (SSSR count). The topological polar surface area (TPSA) is 49.7 Å². The number of piperidine rings is 1. The summed E-state index contributed by atoms with van der Waals surface area (Å²) in [5, 5.41) is 1.34. The Morgan fingerprint density at radius 2 is 1.88 bits per heavy atom. The molecule has 1 saturated heterocycles. The van der Waals surface area contributed by atoms with Crippen LogP contribution in [0, 0.1) is 6.92 Å². The number of aromatic amines is 1. The number of hydrogen-bond acceptors (Lipinski definition) is 3. The van der Waals surface area contributed by atoms with E-state index in [2.05, 4.69) is 86.1 Å². The Hall–Kier alpha value is -3.44. The number of hydrogen-bond donors (Lipinski definition) is 1. The fourth-order valence-electron chi connectivity index (χ4n) is 5.24. The maximum atomic E-state index is 4.68. The molecule has 0 amide bonds. The van der Waals surface area contributed by atoms with Gasteiger partial charge in [-0.3, -0.25) is 4.90 Å². The minimum atomic E-state index is 0.530. The van der Waals surface area contributed by atoms with Gasteiger partial charge in [0.05, 0.1) is 17.2 Å². The molecule has 160 valence electrons. The molecule has 1 N–H and O–H groups in total. The highest BCUT2D eigenvalue weighted by molar-refractivity contribution is 5.84. The van der Waals surface area contributed by atoms with E-state index in [1.807, 2.05) is 12.4 Å². The van der Waals surface area contributed by atoms with E-state index in [1.54, 1.807) is 6.33 Å². The van der Waals surface area contributed by atoms with E-state index in [9.17, 15) is 0 Å². The summed E-state index contributed by atoms with van der Waals surface area (Å²) in [7, 11) is 0. The number of nitrogens with zero attached hydrogens (tertiary/aromatic N) is 4. The highest BCUT2D eigenvalue weighted by Crippen LogP contribution is 2.35. The van der Waals surface area contributed by atoms with Crippen molar-refractivity contribution >= 4 is 21.9 Å². The molecule has 1 fully saturated rings. The molecule has 32 heavy (non-hydrogen) atoms. The minimum Gasteiger partial charge on any atom is -0.361 e. The zero-order valence-corrected chi connectivity index (χ0v) is 18.3. The summed E-state index contributed by atoms with van der Waals surface area (Å²) in [6.45, 7) is 5.49. The third-order valence-corrected chi connectivity index (χ3v) is 7.07. The summed E-state index contributed by atoms with van der Waals surface area (Å²) in [5.74, 6) is 0.530. The molecule has 2 aromatic carbocycles. The van der Waals surface area contributed by atoms with Gasteiger partial charge in [-0.05, 0) is 79.7 Å². The Morgan fingerprint density at radius 1 is 1.03 bits per heavy atom. The van der Waals surface area contributed by atoms with Crippen molar-refractivity contribution in [1.82, 2.24) is 24.4 Å². The molecule has 5 nitrogen and oxygen atoms in total. The number of para-hydroxylation sites is 1. The first-order chi connectivity index (χ1) is 15.8. The van der Waals surface area contributed by atoms with Gasteiger partial charge in [0, 0.05) is 35.5 Å². The molecule has 0 radical (unpaired) electrons. The van der Waals surface area contributed by atoms with Gasteiger partial charge < -0.3 is 9.55 Å². The first-order valence-electron chi connectivity index (χ1n) is 11.4. The van der Waals surface area contributed by atoms with Gasteiger partial charge in [0.25, 0.3) is 0 Å². The quantitative estimate of drug-likeness (QED) is 0.411. The van der Waals surface area contributed by atoms with Crippen LogP contribution in [0.2, 0.25) is 0 Å². The van der Waals surface area contributed by atoms with Gasteiger partial charge in [-0.25, -0.2) is 9.97 Å². The van der Waals surface area contributed by atoms with Crippen molar-refractivity contribution < 1.29 is 0 Å². The largest absolute Gasteiger partial charge is 0.361 e. The van der Waals surface area contributed by atoms with Crippen molar-refractivity contribution in [2.45, 2.75) is 32.2 Å². The monoisotopic (exact) mass is 421 g/mol. The Labute approximate surface area is 187 Å². The van der Waals surface area contributed by atoms with Gasteiger partial charge in [-0.2, -0.15) is 0 Å². The number of benzene rings is 2. The van der Waals surface area contributed by atoms with E-state index >= 15 is 0 Å². The van der Waals surface area contributed by atoms with Crippen molar-refractivity contribution in [2.24, 2.45) is 0 Å². The smallest absolute Gasteiger partial charge is 0.116 e. The van der Waals surface area contributed by atoms with Crippen molar-refractivity contribution in [3.8, 4) is 5.69 Å². The molecule has 3 aromatic heterocycles. The molecular formula is C27H27N5. The summed E-state index contributed by atoms with van der Waals surface area (Å²) < 4.78 is 2.24. The van der Waals surface area contributed by atoms with Crippen LogP contribution in [-0.2, 0) is 6.54 Å². The van der Waals surface area contributed by atoms with Gasteiger partial charge in [0.2, 0.25) is 0 Å². The molecule has 0 unspecified atom stereocenters. The molecule has 1 aliphatic rings. The van der Waals surface area contributed by atoms with Crippen LogP contribution in [0.4, 0.5) is 0 Å². The maximum Gasteiger partial charge on any atom is 0.116 e. The van der Waals surface area contributed by atoms with E-state index < -0.39 is 0 Å². The molecular weight excluding hydrogens is 394 g/mol. The van der Waals surface area contributed by atoms with Crippen molar-refractivity contribution in [3.05, 3.63) is 90.1 Å². The van der Waals surface area contributed by atoms with E-state index in [4.69, 9.17) is 0 Å². The normalized spacial score (nSPS) is 15.7. The van der Waals surface area contributed by atoms with Crippen LogP contribution in [-0.4, -0.2) is 37.5 Å². The Balaban J connectivity index is 1.23. The fourth-order valence-corrected chi connectivity index (χ4v) is 5.24. The van der Waals surface area contributed by atoms with E-state index in [0.29, 0.717) is 5.92 Å². The minimum absolute atomic E-state index is 0.530. The lowest BCUT2D eigenvalue weighted by Crippen LogP contribution is -2.32. The number of aromatic nitrogens is 4. The van der Waals surface area contributed by atoms with Gasteiger partial charge in [-0.15, -0.1) is 0 Å². The van der Waals surface area contributed by atoms with Gasteiger partial charge in [0.1, 0.15) is 6.33 Å². The average Bonchev–Trinajstić information content (AvgIpc) is 3.48. The van der Waals surface area contributed by atoms with Crippen LogP contribution < -0.4 is 0 Å². The molecule has 0 atom stereocenters. The second-order valence-corrected chi connectivity index (χ2v) is 8.89. The number of aryl methyl sites for hydroxylation is 1. The van der Waals surface area contributed by atoms with Crippen molar-refractivity contribution in [1.29, 1.82) is 0 Å². The molecule has 5 aromatic rings. The first kappa shape index (κ1) is 19.3.